The van der Waals surface area contributed by atoms with Crippen LogP contribution in [0.5, 0.6) is 0 Å². The minimum atomic E-state index is -0.622. The Morgan fingerprint density at radius 3 is 2.40 bits per heavy atom. The zero-order chi connectivity index (χ0) is 31.5. The molecule has 0 aliphatic carbocycles. The fraction of sp³-hybridized carbons (Fsp3) is 0.212. The second kappa shape index (κ2) is 12.8. The standard InChI is InChI=1S/C33H28ClFN6O4/c1-3-6-29-36-19(2)27(17-30-37-28(39-44-30)15-21-13-23(34)16-24(35)14-21)32(42)41(29)18-20-9-11-22(12-10-20)25-7-4-5-8-26(25)31-38-33(43)45-40-31/h4-5,7-14,16H,3,6,15,17-18H2,1-2H3,(H,38,40,43). The van der Waals surface area contributed by atoms with Crippen LogP contribution in [-0.2, 0) is 25.8 Å². The first-order valence-corrected chi connectivity index (χ1v) is 14.8. The third kappa shape index (κ3) is 6.68. The minimum absolute atomic E-state index is 0.112. The molecule has 45 heavy (non-hydrogen) atoms. The highest BCUT2D eigenvalue weighted by molar-refractivity contribution is 6.30. The number of rotatable bonds is 10. The third-order valence-corrected chi connectivity index (χ3v) is 7.59. The fourth-order valence-electron chi connectivity index (χ4n) is 5.28. The van der Waals surface area contributed by atoms with Crippen molar-refractivity contribution in [2.24, 2.45) is 0 Å². The van der Waals surface area contributed by atoms with E-state index in [0.29, 0.717) is 47.3 Å². The van der Waals surface area contributed by atoms with Crippen molar-refractivity contribution in [3.63, 3.8) is 0 Å². The predicted molar refractivity (Wildman–Crippen MR) is 166 cm³/mol. The van der Waals surface area contributed by atoms with Crippen LogP contribution in [0.15, 0.2) is 85.4 Å². The molecule has 0 saturated carbocycles. The molecular weight excluding hydrogens is 599 g/mol. The number of aromatic nitrogens is 6. The van der Waals surface area contributed by atoms with E-state index < -0.39 is 11.6 Å². The van der Waals surface area contributed by atoms with Gasteiger partial charge < -0.3 is 4.52 Å². The number of hydrogen-bond donors (Lipinski definition) is 1. The highest BCUT2D eigenvalue weighted by atomic mass is 35.5. The molecule has 0 saturated heterocycles. The smallest absolute Gasteiger partial charge is 0.339 e. The van der Waals surface area contributed by atoms with Crippen molar-refractivity contribution < 1.29 is 13.4 Å². The minimum Gasteiger partial charge on any atom is -0.339 e. The van der Waals surface area contributed by atoms with Gasteiger partial charge in [0.15, 0.2) is 11.6 Å². The Morgan fingerprint density at radius 2 is 1.69 bits per heavy atom. The van der Waals surface area contributed by atoms with Crippen molar-refractivity contribution in [2.45, 2.75) is 46.1 Å². The number of H-pyrrole nitrogens is 1. The van der Waals surface area contributed by atoms with Crippen molar-refractivity contribution in [3.8, 4) is 22.5 Å². The molecule has 10 nitrogen and oxygen atoms in total. The summed E-state index contributed by atoms with van der Waals surface area (Å²) >= 11 is 5.97. The van der Waals surface area contributed by atoms with Gasteiger partial charge in [0, 0.05) is 34.7 Å². The van der Waals surface area contributed by atoms with E-state index in [-0.39, 0.29) is 29.3 Å². The van der Waals surface area contributed by atoms with Crippen LogP contribution in [0.1, 0.15) is 53.3 Å². The van der Waals surface area contributed by atoms with E-state index in [2.05, 4.69) is 20.3 Å². The van der Waals surface area contributed by atoms with E-state index in [1.807, 2.05) is 55.5 Å². The summed E-state index contributed by atoms with van der Waals surface area (Å²) in [6.45, 7) is 4.17. The van der Waals surface area contributed by atoms with Crippen LogP contribution in [0.4, 0.5) is 4.39 Å². The summed E-state index contributed by atoms with van der Waals surface area (Å²) in [5.74, 6) is 0.600. The summed E-state index contributed by atoms with van der Waals surface area (Å²) in [6, 6.07) is 19.7. The van der Waals surface area contributed by atoms with Gasteiger partial charge in [-0.1, -0.05) is 77.4 Å². The highest BCUT2D eigenvalue weighted by Gasteiger charge is 2.19. The summed E-state index contributed by atoms with van der Waals surface area (Å²) in [4.78, 5) is 37.2. The number of halogens is 2. The Labute approximate surface area is 261 Å². The van der Waals surface area contributed by atoms with Gasteiger partial charge in [-0.05, 0) is 53.8 Å². The van der Waals surface area contributed by atoms with Crippen molar-refractivity contribution in [2.75, 3.05) is 0 Å². The van der Waals surface area contributed by atoms with Crippen molar-refractivity contribution in [3.05, 3.63) is 138 Å². The lowest BCUT2D eigenvalue weighted by Crippen LogP contribution is -2.30. The molecule has 12 heteroatoms. The SMILES string of the molecule is CCCc1nc(C)c(Cc2nc(Cc3cc(F)cc(Cl)c3)no2)c(=O)n1Cc1ccc(-c2ccccc2-c2noc(=O)[nH]2)cc1. The Hall–Kier alpha value is -5.16. The average molecular weight is 627 g/mol. The van der Waals surface area contributed by atoms with Crippen molar-refractivity contribution in [1.29, 1.82) is 0 Å². The molecule has 0 aliphatic rings. The van der Waals surface area contributed by atoms with E-state index >= 15 is 0 Å². The Kier molecular flexibility index (Phi) is 8.52. The highest BCUT2D eigenvalue weighted by Crippen LogP contribution is 2.30. The number of benzene rings is 3. The first kappa shape index (κ1) is 29.9. The van der Waals surface area contributed by atoms with Crippen LogP contribution in [0.25, 0.3) is 22.5 Å². The molecule has 0 atom stereocenters. The molecule has 228 valence electrons. The lowest BCUT2D eigenvalue weighted by molar-refractivity contribution is 0.379. The van der Waals surface area contributed by atoms with Crippen molar-refractivity contribution in [1.82, 2.24) is 29.8 Å². The van der Waals surface area contributed by atoms with Gasteiger partial charge in [0.1, 0.15) is 11.6 Å². The molecule has 6 rings (SSSR count). The zero-order valence-electron chi connectivity index (χ0n) is 24.5. The van der Waals surface area contributed by atoms with Gasteiger partial charge in [-0.25, -0.2) is 14.2 Å². The van der Waals surface area contributed by atoms with Gasteiger partial charge in [-0.15, -0.1) is 0 Å². The van der Waals surface area contributed by atoms with E-state index in [1.165, 1.54) is 12.1 Å². The first-order valence-electron chi connectivity index (χ1n) is 14.4. The van der Waals surface area contributed by atoms with Gasteiger partial charge in [0.05, 0.1) is 13.0 Å². The lowest BCUT2D eigenvalue weighted by atomic mass is 9.98. The molecule has 0 amide bonds. The predicted octanol–water partition coefficient (Wildman–Crippen LogP) is 5.92. The molecule has 0 fully saturated rings. The Bertz CT molecular complexity index is 2080. The van der Waals surface area contributed by atoms with Gasteiger partial charge in [0.2, 0.25) is 5.89 Å². The maximum absolute atomic E-state index is 13.9. The molecule has 3 heterocycles. The largest absolute Gasteiger partial charge is 0.439 e. The molecule has 3 aromatic heterocycles. The quantitative estimate of drug-likeness (QED) is 0.198. The summed E-state index contributed by atoms with van der Waals surface area (Å²) < 4.78 is 25.6. The van der Waals surface area contributed by atoms with Crippen LogP contribution < -0.4 is 11.3 Å². The molecule has 0 radical (unpaired) electrons. The molecular formula is C33H28ClFN6O4. The van der Waals surface area contributed by atoms with Gasteiger partial charge in [-0.2, -0.15) is 4.98 Å². The molecule has 1 N–H and O–H groups in total. The number of hydrogen-bond acceptors (Lipinski definition) is 8. The molecule has 3 aromatic carbocycles. The van der Waals surface area contributed by atoms with Crippen LogP contribution in [0.2, 0.25) is 5.02 Å². The summed E-state index contributed by atoms with van der Waals surface area (Å²) in [5, 5.41) is 8.13. The van der Waals surface area contributed by atoms with Crippen LogP contribution in [0.3, 0.4) is 0 Å². The van der Waals surface area contributed by atoms with Crippen LogP contribution >= 0.6 is 11.6 Å². The summed E-state index contributed by atoms with van der Waals surface area (Å²) in [5.41, 5.74) is 4.93. The van der Waals surface area contributed by atoms with Crippen LogP contribution in [0, 0.1) is 12.7 Å². The molecule has 0 aliphatic heterocycles. The first-order chi connectivity index (χ1) is 21.8. The van der Waals surface area contributed by atoms with Gasteiger partial charge >= 0.3 is 5.76 Å². The van der Waals surface area contributed by atoms with E-state index in [4.69, 9.17) is 25.6 Å². The summed E-state index contributed by atoms with van der Waals surface area (Å²) in [7, 11) is 0. The summed E-state index contributed by atoms with van der Waals surface area (Å²) in [6.07, 6.45) is 1.80. The van der Waals surface area contributed by atoms with Gasteiger partial charge in [-0.3, -0.25) is 18.9 Å². The number of nitrogens with one attached hydrogen (secondary N) is 1. The topological polar surface area (TPSA) is 133 Å². The van der Waals surface area contributed by atoms with E-state index in [9.17, 15) is 14.0 Å². The molecule has 0 unspecified atom stereocenters. The second-order valence-electron chi connectivity index (χ2n) is 10.7. The van der Waals surface area contributed by atoms with E-state index in [0.717, 1.165) is 28.7 Å². The second-order valence-corrected chi connectivity index (χ2v) is 11.1. The van der Waals surface area contributed by atoms with E-state index in [1.54, 1.807) is 17.6 Å². The van der Waals surface area contributed by atoms with Crippen molar-refractivity contribution >= 4 is 11.6 Å². The third-order valence-electron chi connectivity index (χ3n) is 7.37. The normalized spacial score (nSPS) is 11.3. The van der Waals surface area contributed by atoms with Crippen LogP contribution in [-0.4, -0.2) is 29.8 Å². The average Bonchev–Trinajstić information content (AvgIpc) is 3.65. The maximum atomic E-state index is 13.9. The molecule has 0 spiro atoms. The Balaban J connectivity index is 1.26. The number of aryl methyl sites for hydroxylation is 2. The number of aromatic amines is 1. The zero-order valence-corrected chi connectivity index (χ0v) is 25.3. The van der Waals surface area contributed by atoms with Gasteiger partial charge in [0.25, 0.3) is 5.56 Å². The molecule has 6 aromatic rings. The maximum Gasteiger partial charge on any atom is 0.439 e. The monoisotopic (exact) mass is 626 g/mol. The number of nitrogens with zero attached hydrogens (tertiary/aromatic N) is 5. The lowest BCUT2D eigenvalue weighted by Gasteiger charge is -2.16. The molecule has 0 bridgehead atoms. The Morgan fingerprint density at radius 1 is 0.911 bits per heavy atom. The fourth-order valence-corrected chi connectivity index (χ4v) is 5.52.